The maximum atomic E-state index is 3.72. The molecule has 1 unspecified atom stereocenters. The number of nitrogens with one attached hydrogen (secondary N) is 1. The van der Waals surface area contributed by atoms with Crippen LogP contribution in [0.15, 0.2) is 66.7 Å². The normalized spacial score (nSPS) is 18.6. The molecule has 1 aliphatic rings. The molecule has 1 N–H and O–H groups in total. The monoisotopic (exact) mass is 263 g/mol. The highest BCUT2D eigenvalue weighted by Crippen LogP contribution is 2.27. The van der Waals surface area contributed by atoms with E-state index in [1.807, 2.05) is 0 Å². The van der Waals surface area contributed by atoms with Gasteiger partial charge in [0.1, 0.15) is 0 Å². The van der Waals surface area contributed by atoms with Crippen LogP contribution in [0.4, 0.5) is 0 Å². The molecular formula is C19H21N. The summed E-state index contributed by atoms with van der Waals surface area (Å²) in [6.45, 7) is 0.940. The molecule has 0 radical (unpaired) electrons. The number of allylic oxidation sites excluding steroid dienone is 1. The second-order valence-electron chi connectivity index (χ2n) is 5.38. The molecule has 1 aliphatic carbocycles. The predicted octanol–water partition coefficient (Wildman–Crippen LogP) is 4.41. The molecule has 1 heteroatoms. The quantitative estimate of drug-likeness (QED) is 0.861. The van der Waals surface area contributed by atoms with Crippen molar-refractivity contribution in [2.45, 2.75) is 31.8 Å². The molecule has 1 atom stereocenters. The van der Waals surface area contributed by atoms with Crippen LogP contribution >= 0.6 is 0 Å². The Morgan fingerprint density at radius 2 is 1.60 bits per heavy atom. The van der Waals surface area contributed by atoms with E-state index >= 15 is 0 Å². The topological polar surface area (TPSA) is 12.0 Å². The summed E-state index contributed by atoms with van der Waals surface area (Å²) in [4.78, 5) is 0. The summed E-state index contributed by atoms with van der Waals surface area (Å²) in [6.07, 6.45) is 6.12. The van der Waals surface area contributed by atoms with E-state index in [2.05, 4.69) is 72.1 Å². The van der Waals surface area contributed by atoms with Gasteiger partial charge in [-0.1, -0.05) is 66.7 Å². The van der Waals surface area contributed by atoms with Gasteiger partial charge in [-0.2, -0.15) is 0 Å². The van der Waals surface area contributed by atoms with E-state index in [-0.39, 0.29) is 0 Å². The van der Waals surface area contributed by atoms with Crippen molar-refractivity contribution in [3.63, 3.8) is 0 Å². The Bertz CT molecular complexity index is 557. The minimum atomic E-state index is 0.478. The molecule has 0 spiro atoms. The van der Waals surface area contributed by atoms with Crippen LogP contribution < -0.4 is 5.32 Å². The molecule has 0 saturated heterocycles. The first-order chi connectivity index (χ1) is 9.93. The fourth-order valence-electron chi connectivity index (χ4n) is 2.88. The molecule has 0 heterocycles. The predicted molar refractivity (Wildman–Crippen MR) is 85.3 cm³/mol. The molecule has 0 saturated carbocycles. The van der Waals surface area contributed by atoms with Crippen LogP contribution in [0.5, 0.6) is 0 Å². The number of rotatable bonds is 4. The molecule has 0 fully saturated rings. The van der Waals surface area contributed by atoms with E-state index in [0.29, 0.717) is 6.04 Å². The smallest absolute Gasteiger partial charge is 0.0326 e. The highest BCUT2D eigenvalue weighted by molar-refractivity contribution is 5.70. The molecule has 3 rings (SSSR count). The first kappa shape index (κ1) is 13.1. The Kier molecular flexibility index (Phi) is 4.29. The van der Waals surface area contributed by atoms with Crippen molar-refractivity contribution in [3.8, 4) is 0 Å². The summed E-state index contributed by atoms with van der Waals surface area (Å²) in [5.41, 5.74) is 4.18. The van der Waals surface area contributed by atoms with E-state index in [9.17, 15) is 0 Å². The van der Waals surface area contributed by atoms with Gasteiger partial charge >= 0.3 is 0 Å². The van der Waals surface area contributed by atoms with Crippen LogP contribution in [0.2, 0.25) is 0 Å². The lowest BCUT2D eigenvalue weighted by Gasteiger charge is -2.26. The Morgan fingerprint density at radius 3 is 2.35 bits per heavy atom. The average Bonchev–Trinajstić information content (AvgIpc) is 2.55. The third kappa shape index (κ3) is 3.17. The maximum Gasteiger partial charge on any atom is 0.0326 e. The fourth-order valence-corrected chi connectivity index (χ4v) is 2.88. The van der Waals surface area contributed by atoms with E-state index in [4.69, 9.17) is 0 Å². The first-order valence-corrected chi connectivity index (χ1v) is 7.46. The van der Waals surface area contributed by atoms with Crippen molar-refractivity contribution in [3.05, 3.63) is 77.9 Å². The Hall–Kier alpha value is -1.86. The van der Waals surface area contributed by atoms with Gasteiger partial charge in [-0.05, 0) is 36.0 Å². The highest BCUT2D eigenvalue weighted by Gasteiger charge is 2.18. The second kappa shape index (κ2) is 6.53. The van der Waals surface area contributed by atoms with Gasteiger partial charge in [-0.3, -0.25) is 0 Å². The van der Waals surface area contributed by atoms with Gasteiger partial charge in [0.05, 0.1) is 0 Å². The molecular weight excluding hydrogens is 242 g/mol. The highest BCUT2D eigenvalue weighted by atomic mass is 14.9. The molecule has 1 nitrogen and oxygen atoms in total. The third-order valence-corrected chi connectivity index (χ3v) is 3.94. The van der Waals surface area contributed by atoms with Gasteiger partial charge in [0, 0.05) is 12.6 Å². The second-order valence-corrected chi connectivity index (χ2v) is 5.38. The van der Waals surface area contributed by atoms with Gasteiger partial charge in [0.15, 0.2) is 0 Å². The molecule has 102 valence electrons. The Morgan fingerprint density at radius 1 is 0.900 bits per heavy atom. The van der Waals surface area contributed by atoms with Crippen LogP contribution in [0.25, 0.3) is 5.57 Å². The van der Waals surface area contributed by atoms with Gasteiger partial charge in [-0.25, -0.2) is 0 Å². The first-order valence-electron chi connectivity index (χ1n) is 7.46. The standard InChI is InChI=1S/C19H21N/c1-3-9-16(10-4-1)15-20-19-14-8-7-13-18(19)17-11-5-2-6-12-17/h1-6,9-13,19-20H,7-8,14-15H2. The third-order valence-electron chi connectivity index (χ3n) is 3.94. The van der Waals surface area contributed by atoms with Crippen molar-refractivity contribution < 1.29 is 0 Å². The van der Waals surface area contributed by atoms with Crippen LogP contribution in [0.3, 0.4) is 0 Å². The van der Waals surface area contributed by atoms with Crippen molar-refractivity contribution in [1.82, 2.24) is 5.32 Å². The fraction of sp³-hybridized carbons (Fsp3) is 0.263. The van der Waals surface area contributed by atoms with Crippen LogP contribution in [-0.4, -0.2) is 6.04 Å². The van der Waals surface area contributed by atoms with Crippen molar-refractivity contribution in [2.24, 2.45) is 0 Å². The lowest BCUT2D eigenvalue weighted by molar-refractivity contribution is 0.535. The van der Waals surface area contributed by atoms with Gasteiger partial charge in [-0.15, -0.1) is 0 Å². The van der Waals surface area contributed by atoms with Crippen LogP contribution in [-0.2, 0) is 6.54 Å². The lowest BCUT2D eigenvalue weighted by atomic mass is 9.89. The van der Waals surface area contributed by atoms with E-state index in [1.165, 1.54) is 36.0 Å². The minimum absolute atomic E-state index is 0.478. The lowest BCUT2D eigenvalue weighted by Crippen LogP contribution is -2.31. The molecule has 0 amide bonds. The number of benzene rings is 2. The zero-order valence-corrected chi connectivity index (χ0v) is 11.8. The maximum absolute atomic E-state index is 3.72. The Labute approximate surface area is 121 Å². The average molecular weight is 263 g/mol. The summed E-state index contributed by atoms with van der Waals surface area (Å²) in [7, 11) is 0. The summed E-state index contributed by atoms with van der Waals surface area (Å²) >= 11 is 0. The van der Waals surface area contributed by atoms with E-state index < -0.39 is 0 Å². The summed E-state index contributed by atoms with van der Waals surface area (Å²) in [5, 5.41) is 3.72. The number of hydrogen-bond donors (Lipinski definition) is 1. The largest absolute Gasteiger partial charge is 0.306 e. The van der Waals surface area contributed by atoms with E-state index in [0.717, 1.165) is 6.54 Å². The summed E-state index contributed by atoms with van der Waals surface area (Å²) in [5.74, 6) is 0. The minimum Gasteiger partial charge on any atom is -0.306 e. The number of hydrogen-bond acceptors (Lipinski definition) is 1. The van der Waals surface area contributed by atoms with Crippen molar-refractivity contribution in [1.29, 1.82) is 0 Å². The molecule has 2 aromatic carbocycles. The molecule has 2 aromatic rings. The van der Waals surface area contributed by atoms with Crippen LogP contribution in [0.1, 0.15) is 30.4 Å². The zero-order valence-electron chi connectivity index (χ0n) is 11.8. The molecule has 0 aliphatic heterocycles. The Balaban J connectivity index is 1.71. The van der Waals surface area contributed by atoms with E-state index in [1.54, 1.807) is 0 Å². The SMILES string of the molecule is C1=C(c2ccccc2)C(NCc2ccccc2)CCC1. The zero-order chi connectivity index (χ0) is 13.6. The van der Waals surface area contributed by atoms with Gasteiger partial charge in [0.2, 0.25) is 0 Å². The molecule has 20 heavy (non-hydrogen) atoms. The van der Waals surface area contributed by atoms with Crippen molar-refractivity contribution >= 4 is 5.57 Å². The van der Waals surface area contributed by atoms with Crippen molar-refractivity contribution in [2.75, 3.05) is 0 Å². The summed E-state index contributed by atoms with van der Waals surface area (Å²) in [6, 6.07) is 21.9. The summed E-state index contributed by atoms with van der Waals surface area (Å²) < 4.78 is 0. The molecule has 0 aromatic heterocycles. The van der Waals surface area contributed by atoms with Crippen LogP contribution in [0, 0.1) is 0 Å². The van der Waals surface area contributed by atoms with Gasteiger partial charge in [0.25, 0.3) is 0 Å². The molecule has 0 bridgehead atoms. The van der Waals surface area contributed by atoms with Gasteiger partial charge < -0.3 is 5.32 Å².